The number of esters is 1. The van der Waals surface area contributed by atoms with E-state index < -0.39 is 19.4 Å². The fourth-order valence-corrected chi connectivity index (χ4v) is 2.96. The summed E-state index contributed by atoms with van der Waals surface area (Å²) in [5.41, 5.74) is 2.75. The van der Waals surface area contributed by atoms with E-state index >= 15 is 0 Å². The summed E-state index contributed by atoms with van der Waals surface area (Å²) in [6.45, 7) is 6.16. The molecule has 0 N–H and O–H groups in total. The Balaban J connectivity index is 2.57. The molecule has 154 valence electrons. The number of hydrogen-bond donors (Lipinski definition) is 0. The van der Waals surface area contributed by atoms with Crippen LogP contribution in [-0.2, 0) is 26.7 Å². The normalized spacial score (nSPS) is 12.2. The molecule has 0 unspecified atom stereocenters. The van der Waals surface area contributed by atoms with Crippen LogP contribution in [0.5, 0.6) is 0 Å². The molecule has 0 saturated carbocycles. The predicted molar refractivity (Wildman–Crippen MR) is 109 cm³/mol. The third kappa shape index (κ3) is 5.15. The molecule has 6 nitrogen and oxygen atoms in total. The van der Waals surface area contributed by atoms with Gasteiger partial charge in [0.2, 0.25) is 6.79 Å². The number of aromatic nitrogens is 2. The average Bonchev–Trinajstić information content (AvgIpc) is 2.92. The lowest BCUT2D eigenvalue weighted by molar-refractivity contribution is -0.152. The standard InChI is InChI=1S/C21H23ClFN3O3/c1-13-18(22)19(26(5)25-13)20(29-12-28-17(27)10-23)16(11-24)14-6-8-15(9-7-14)21(2,3)4/h6-9H,10,12H2,1-5H3/b20-16-. The SMILES string of the molecule is Cc1nn(C)c(/C(OCOC(=O)CF)=C(\C#N)c2ccc(C(C)(C)C)cc2)c1Cl. The van der Waals surface area contributed by atoms with E-state index in [4.69, 9.17) is 16.3 Å². The largest absolute Gasteiger partial charge is 0.454 e. The third-order valence-electron chi connectivity index (χ3n) is 4.27. The van der Waals surface area contributed by atoms with Gasteiger partial charge in [-0.2, -0.15) is 10.4 Å². The summed E-state index contributed by atoms with van der Waals surface area (Å²) < 4.78 is 24.1. The summed E-state index contributed by atoms with van der Waals surface area (Å²) in [5.74, 6) is -0.972. The number of hydrogen-bond acceptors (Lipinski definition) is 5. The Kier molecular flexibility index (Phi) is 7.04. The number of carbonyl (C=O) groups excluding carboxylic acids is 1. The van der Waals surface area contributed by atoms with Crippen molar-refractivity contribution in [2.75, 3.05) is 13.5 Å². The highest BCUT2D eigenvalue weighted by molar-refractivity contribution is 6.33. The Hall–Kier alpha value is -2.85. The smallest absolute Gasteiger partial charge is 0.340 e. The summed E-state index contributed by atoms with van der Waals surface area (Å²) in [5, 5.41) is 14.4. The Labute approximate surface area is 174 Å². The maximum absolute atomic E-state index is 12.4. The van der Waals surface area contributed by atoms with Gasteiger partial charge in [-0.3, -0.25) is 4.68 Å². The van der Waals surface area contributed by atoms with Crippen LogP contribution in [0, 0.1) is 18.3 Å². The van der Waals surface area contributed by atoms with E-state index in [2.05, 4.69) is 36.7 Å². The maximum Gasteiger partial charge on any atom is 0.340 e. The van der Waals surface area contributed by atoms with Gasteiger partial charge in [0.25, 0.3) is 0 Å². The minimum atomic E-state index is -1.27. The molecule has 1 aromatic heterocycles. The van der Waals surface area contributed by atoms with E-state index in [-0.39, 0.29) is 16.7 Å². The Bertz CT molecular complexity index is 967. The lowest BCUT2D eigenvalue weighted by Crippen LogP contribution is -2.12. The van der Waals surface area contributed by atoms with E-state index in [1.807, 2.05) is 24.3 Å². The number of nitriles is 1. The summed E-state index contributed by atoms with van der Waals surface area (Å²) in [6, 6.07) is 9.62. The first-order valence-corrected chi connectivity index (χ1v) is 9.27. The van der Waals surface area contributed by atoms with E-state index in [1.54, 1.807) is 14.0 Å². The molecule has 0 aliphatic rings. The van der Waals surface area contributed by atoms with Crippen LogP contribution in [0.2, 0.25) is 5.02 Å². The molecule has 0 atom stereocenters. The number of alkyl halides is 1. The van der Waals surface area contributed by atoms with Gasteiger partial charge in [-0.1, -0.05) is 56.6 Å². The molecule has 0 aliphatic heterocycles. The first-order chi connectivity index (χ1) is 13.6. The van der Waals surface area contributed by atoms with Crippen LogP contribution < -0.4 is 0 Å². The molecule has 0 radical (unpaired) electrons. The number of carbonyl (C=O) groups is 1. The molecular formula is C21H23ClFN3O3. The van der Waals surface area contributed by atoms with Gasteiger partial charge in [0.1, 0.15) is 17.3 Å². The average molecular weight is 420 g/mol. The van der Waals surface area contributed by atoms with Crippen molar-refractivity contribution in [2.45, 2.75) is 33.1 Å². The van der Waals surface area contributed by atoms with Gasteiger partial charge in [-0.15, -0.1) is 0 Å². The van der Waals surface area contributed by atoms with Gasteiger partial charge in [0.15, 0.2) is 12.4 Å². The molecule has 0 bridgehead atoms. The molecule has 0 amide bonds. The summed E-state index contributed by atoms with van der Waals surface area (Å²) >= 11 is 6.38. The number of allylic oxidation sites excluding steroid dienone is 1. The van der Waals surface area contributed by atoms with Gasteiger partial charge < -0.3 is 9.47 Å². The quantitative estimate of drug-likeness (QED) is 0.297. The zero-order valence-electron chi connectivity index (χ0n) is 17.0. The van der Waals surface area contributed by atoms with Gasteiger partial charge in [-0.25, -0.2) is 9.18 Å². The number of benzene rings is 1. The second-order valence-electron chi connectivity index (χ2n) is 7.43. The van der Waals surface area contributed by atoms with Crippen LogP contribution in [0.3, 0.4) is 0 Å². The molecule has 0 spiro atoms. The molecule has 2 rings (SSSR count). The Morgan fingerprint density at radius 1 is 1.28 bits per heavy atom. The number of nitrogens with zero attached hydrogens (tertiary/aromatic N) is 3. The number of halogens is 2. The molecule has 29 heavy (non-hydrogen) atoms. The molecule has 1 heterocycles. The van der Waals surface area contributed by atoms with Crippen molar-refractivity contribution < 1.29 is 18.7 Å². The molecule has 1 aromatic carbocycles. The highest BCUT2D eigenvalue weighted by Gasteiger charge is 2.23. The second kappa shape index (κ2) is 9.10. The number of aryl methyl sites for hydroxylation is 2. The topological polar surface area (TPSA) is 77.1 Å². The summed E-state index contributed by atoms with van der Waals surface area (Å²) in [4.78, 5) is 11.1. The van der Waals surface area contributed by atoms with Crippen LogP contribution in [-0.4, -0.2) is 29.2 Å². The fraction of sp³-hybridized carbons (Fsp3) is 0.381. The van der Waals surface area contributed by atoms with E-state index in [0.717, 1.165) is 5.56 Å². The summed E-state index contributed by atoms with van der Waals surface area (Å²) in [6.07, 6.45) is 0. The predicted octanol–water partition coefficient (Wildman–Crippen LogP) is 4.56. The van der Waals surface area contributed by atoms with Crippen molar-refractivity contribution >= 4 is 28.9 Å². The van der Waals surface area contributed by atoms with Crippen LogP contribution in [0.4, 0.5) is 4.39 Å². The van der Waals surface area contributed by atoms with Crippen molar-refractivity contribution in [1.29, 1.82) is 5.26 Å². The molecule has 0 aliphatic carbocycles. The second-order valence-corrected chi connectivity index (χ2v) is 7.81. The number of ether oxygens (including phenoxy) is 2. The molecular weight excluding hydrogens is 397 g/mol. The Morgan fingerprint density at radius 3 is 2.34 bits per heavy atom. The lowest BCUT2D eigenvalue weighted by Gasteiger charge is -2.19. The minimum Gasteiger partial charge on any atom is -0.454 e. The zero-order chi connectivity index (χ0) is 21.8. The van der Waals surface area contributed by atoms with Crippen LogP contribution >= 0.6 is 11.6 Å². The molecule has 0 saturated heterocycles. The van der Waals surface area contributed by atoms with Crippen molar-refractivity contribution in [2.24, 2.45) is 7.05 Å². The minimum absolute atomic E-state index is 0.0442. The van der Waals surface area contributed by atoms with Crippen molar-refractivity contribution in [3.63, 3.8) is 0 Å². The molecule has 8 heteroatoms. The monoisotopic (exact) mass is 419 g/mol. The van der Waals surface area contributed by atoms with Crippen molar-refractivity contribution in [1.82, 2.24) is 9.78 Å². The van der Waals surface area contributed by atoms with Crippen molar-refractivity contribution in [3.8, 4) is 6.07 Å². The van der Waals surface area contributed by atoms with Crippen LogP contribution in [0.15, 0.2) is 24.3 Å². The highest BCUT2D eigenvalue weighted by Crippen LogP contribution is 2.34. The van der Waals surface area contributed by atoms with Crippen molar-refractivity contribution in [3.05, 3.63) is 51.8 Å². The zero-order valence-corrected chi connectivity index (χ0v) is 17.8. The van der Waals surface area contributed by atoms with Crippen LogP contribution in [0.1, 0.15) is 43.3 Å². The van der Waals surface area contributed by atoms with E-state index in [9.17, 15) is 14.4 Å². The van der Waals surface area contributed by atoms with Gasteiger partial charge >= 0.3 is 5.97 Å². The van der Waals surface area contributed by atoms with E-state index in [0.29, 0.717) is 22.0 Å². The van der Waals surface area contributed by atoms with Crippen LogP contribution in [0.25, 0.3) is 11.3 Å². The summed E-state index contributed by atoms with van der Waals surface area (Å²) in [7, 11) is 1.66. The van der Waals surface area contributed by atoms with Gasteiger partial charge in [-0.05, 0) is 23.5 Å². The highest BCUT2D eigenvalue weighted by atomic mass is 35.5. The fourth-order valence-electron chi connectivity index (χ4n) is 2.71. The molecule has 0 fully saturated rings. The molecule has 2 aromatic rings. The Morgan fingerprint density at radius 2 is 1.90 bits per heavy atom. The number of rotatable bonds is 6. The maximum atomic E-state index is 12.4. The third-order valence-corrected chi connectivity index (χ3v) is 4.73. The first-order valence-electron chi connectivity index (χ1n) is 8.89. The van der Waals surface area contributed by atoms with E-state index in [1.165, 1.54) is 4.68 Å². The van der Waals surface area contributed by atoms with Gasteiger partial charge in [0, 0.05) is 7.05 Å². The lowest BCUT2D eigenvalue weighted by atomic mass is 9.86. The van der Waals surface area contributed by atoms with Gasteiger partial charge in [0.05, 0.1) is 10.7 Å². The first kappa shape index (κ1) is 22.4.